The predicted octanol–water partition coefficient (Wildman–Crippen LogP) is 5.44. The summed E-state index contributed by atoms with van der Waals surface area (Å²) in [5, 5.41) is 23.3. The molecule has 0 saturated heterocycles. The molecule has 0 bridgehead atoms. The zero-order valence-corrected chi connectivity index (χ0v) is 20.2. The van der Waals surface area contributed by atoms with Crippen molar-refractivity contribution in [3.63, 3.8) is 0 Å². The quantitative estimate of drug-likeness (QED) is 0.106. The van der Waals surface area contributed by atoms with Gasteiger partial charge in [-0.3, -0.25) is 14.9 Å². The highest BCUT2D eigenvalue weighted by atomic mass is 79.9. The Bertz CT molecular complexity index is 1380. The van der Waals surface area contributed by atoms with Gasteiger partial charge >= 0.3 is 5.97 Å². The fourth-order valence-electron chi connectivity index (χ4n) is 3.00. The van der Waals surface area contributed by atoms with Crippen molar-refractivity contribution in [1.29, 1.82) is 5.26 Å². The Balaban J connectivity index is 1.90. The number of nitriles is 1. The molecule has 0 atom stereocenters. The molecule has 1 amide bonds. The molecule has 3 rings (SSSR count). The zero-order chi connectivity index (χ0) is 25.5. The van der Waals surface area contributed by atoms with Gasteiger partial charge in [0.1, 0.15) is 28.8 Å². The molecule has 0 heterocycles. The maximum Gasteiger partial charge on any atom is 0.343 e. The van der Waals surface area contributed by atoms with Gasteiger partial charge < -0.3 is 14.8 Å². The minimum atomic E-state index is -0.855. The second kappa shape index (κ2) is 11.1. The molecule has 9 nitrogen and oxygen atoms in total. The summed E-state index contributed by atoms with van der Waals surface area (Å²) in [5.74, 6) is -0.821. The average Bonchev–Trinajstić information content (AvgIpc) is 2.84. The van der Waals surface area contributed by atoms with Crippen LogP contribution in [0.25, 0.3) is 6.08 Å². The third-order valence-electron chi connectivity index (χ3n) is 4.76. The first-order valence-electron chi connectivity index (χ1n) is 10.1. The van der Waals surface area contributed by atoms with Crippen molar-refractivity contribution in [2.45, 2.75) is 6.92 Å². The number of nitrogens with one attached hydrogen (secondary N) is 1. The summed E-state index contributed by atoms with van der Waals surface area (Å²) < 4.78 is 11.2. The van der Waals surface area contributed by atoms with E-state index in [4.69, 9.17) is 9.47 Å². The molecule has 0 aliphatic rings. The van der Waals surface area contributed by atoms with E-state index in [-0.39, 0.29) is 33.8 Å². The third-order valence-corrected chi connectivity index (χ3v) is 5.26. The van der Waals surface area contributed by atoms with E-state index < -0.39 is 16.8 Å². The summed E-state index contributed by atoms with van der Waals surface area (Å²) >= 11 is 3.32. The normalized spacial score (nSPS) is 10.7. The van der Waals surface area contributed by atoms with Crippen molar-refractivity contribution in [2.24, 2.45) is 0 Å². The molecule has 0 saturated carbocycles. The van der Waals surface area contributed by atoms with Gasteiger partial charge in [-0.15, -0.1) is 0 Å². The number of nitrogens with zero attached hydrogens (tertiary/aromatic N) is 2. The average molecular weight is 536 g/mol. The smallest absolute Gasteiger partial charge is 0.343 e. The molecule has 35 heavy (non-hydrogen) atoms. The molecular weight excluding hydrogens is 518 g/mol. The van der Waals surface area contributed by atoms with Crippen LogP contribution < -0.4 is 14.8 Å². The highest BCUT2D eigenvalue weighted by Gasteiger charge is 2.19. The van der Waals surface area contributed by atoms with Crippen molar-refractivity contribution >= 4 is 45.3 Å². The van der Waals surface area contributed by atoms with Crippen LogP contribution in [0.15, 0.2) is 70.7 Å². The van der Waals surface area contributed by atoms with E-state index >= 15 is 0 Å². The fourth-order valence-corrected chi connectivity index (χ4v) is 3.38. The molecular formula is C25H18BrN3O6. The summed E-state index contributed by atoms with van der Waals surface area (Å²) in [6.07, 6.45) is 1.23. The number of hydrogen-bond donors (Lipinski definition) is 1. The number of amides is 1. The molecule has 3 aromatic carbocycles. The first-order valence-corrected chi connectivity index (χ1v) is 10.8. The summed E-state index contributed by atoms with van der Waals surface area (Å²) in [4.78, 5) is 36.1. The first-order chi connectivity index (χ1) is 16.7. The van der Waals surface area contributed by atoms with E-state index in [1.807, 2.05) is 0 Å². The molecule has 0 radical (unpaired) electrons. The third kappa shape index (κ3) is 6.31. The molecule has 1 N–H and O–H groups in total. The largest absolute Gasteiger partial charge is 0.497 e. The molecule has 0 unspecified atom stereocenters. The van der Waals surface area contributed by atoms with Gasteiger partial charge in [-0.25, -0.2) is 4.79 Å². The molecule has 10 heteroatoms. The van der Waals surface area contributed by atoms with Crippen LogP contribution in [0.3, 0.4) is 0 Å². The minimum Gasteiger partial charge on any atom is -0.497 e. The van der Waals surface area contributed by atoms with Gasteiger partial charge in [-0.1, -0.05) is 22.0 Å². The summed E-state index contributed by atoms with van der Waals surface area (Å²) in [5.41, 5.74) is 0.488. The number of hydrogen-bond acceptors (Lipinski definition) is 7. The van der Waals surface area contributed by atoms with Gasteiger partial charge in [-0.05, 0) is 67.1 Å². The van der Waals surface area contributed by atoms with Crippen LogP contribution in [-0.2, 0) is 4.79 Å². The van der Waals surface area contributed by atoms with Crippen LogP contribution in [0, 0.1) is 28.4 Å². The molecule has 0 aliphatic heterocycles. The number of carbonyl (C=O) groups excluding carboxylic acids is 2. The monoisotopic (exact) mass is 535 g/mol. The van der Waals surface area contributed by atoms with E-state index in [0.29, 0.717) is 15.8 Å². The van der Waals surface area contributed by atoms with Crippen LogP contribution in [0.4, 0.5) is 11.4 Å². The maximum atomic E-state index is 12.8. The van der Waals surface area contributed by atoms with E-state index in [1.165, 1.54) is 43.5 Å². The molecule has 0 aliphatic carbocycles. The fraction of sp³-hybridized carbons (Fsp3) is 0.0800. The minimum absolute atomic E-state index is 0.0489. The highest BCUT2D eigenvalue weighted by molar-refractivity contribution is 9.10. The second-order valence-electron chi connectivity index (χ2n) is 7.20. The summed E-state index contributed by atoms with van der Waals surface area (Å²) in [7, 11) is 1.51. The first kappa shape index (κ1) is 25.1. The number of nitro benzene ring substituents is 1. The van der Waals surface area contributed by atoms with E-state index in [1.54, 1.807) is 43.3 Å². The second-order valence-corrected chi connectivity index (χ2v) is 8.12. The van der Waals surface area contributed by atoms with Crippen LogP contribution in [0.1, 0.15) is 21.5 Å². The van der Waals surface area contributed by atoms with Gasteiger partial charge in [0.15, 0.2) is 0 Å². The Morgan fingerprint density at radius 3 is 2.46 bits per heavy atom. The Labute approximate surface area is 208 Å². The topological polar surface area (TPSA) is 132 Å². The number of ether oxygens (including phenoxy) is 2. The number of aryl methyl sites for hydroxylation is 1. The van der Waals surface area contributed by atoms with E-state index in [2.05, 4.69) is 21.2 Å². The Morgan fingerprint density at radius 1 is 1.11 bits per heavy atom. The summed E-state index contributed by atoms with van der Waals surface area (Å²) in [6, 6.07) is 17.1. The molecule has 3 aromatic rings. The SMILES string of the molecule is COc1ccc(C(=O)Oc2ccc(Br)cc2/C=C(\C#N)C(=O)Nc2ccc(C)cc2[N+](=O)[O-])cc1. The molecule has 0 aromatic heterocycles. The van der Waals surface area contributed by atoms with Crippen molar-refractivity contribution in [3.8, 4) is 17.6 Å². The van der Waals surface area contributed by atoms with Gasteiger partial charge in [-0.2, -0.15) is 5.26 Å². The van der Waals surface area contributed by atoms with Crippen molar-refractivity contribution in [3.05, 3.63) is 97.5 Å². The summed E-state index contributed by atoms with van der Waals surface area (Å²) in [6.45, 7) is 1.68. The number of benzene rings is 3. The lowest BCUT2D eigenvalue weighted by Gasteiger charge is -2.10. The number of anilines is 1. The predicted molar refractivity (Wildman–Crippen MR) is 132 cm³/mol. The Morgan fingerprint density at radius 2 is 1.83 bits per heavy atom. The van der Waals surface area contributed by atoms with Crippen molar-refractivity contribution in [2.75, 3.05) is 12.4 Å². The molecule has 0 fully saturated rings. The number of methoxy groups -OCH3 is 1. The van der Waals surface area contributed by atoms with Gasteiger partial charge in [0.25, 0.3) is 11.6 Å². The lowest BCUT2D eigenvalue weighted by molar-refractivity contribution is -0.384. The number of esters is 1. The van der Waals surface area contributed by atoms with Crippen LogP contribution in [0.2, 0.25) is 0 Å². The van der Waals surface area contributed by atoms with Crippen LogP contribution >= 0.6 is 15.9 Å². The van der Waals surface area contributed by atoms with Crippen LogP contribution in [0.5, 0.6) is 11.5 Å². The standard InChI is InChI=1S/C25H18BrN3O6/c1-15-3-9-21(22(11-15)29(32)33)28-24(30)18(14-27)12-17-13-19(26)6-10-23(17)35-25(31)16-4-7-20(34-2)8-5-16/h3-13H,1-2H3,(H,28,30)/b18-12+. The van der Waals surface area contributed by atoms with Gasteiger partial charge in [0, 0.05) is 16.1 Å². The molecule has 0 spiro atoms. The maximum absolute atomic E-state index is 12.8. The van der Waals surface area contributed by atoms with Crippen LogP contribution in [-0.4, -0.2) is 23.9 Å². The number of rotatable bonds is 7. The Hall–Kier alpha value is -4.49. The highest BCUT2D eigenvalue weighted by Crippen LogP contribution is 2.29. The lowest BCUT2D eigenvalue weighted by Crippen LogP contribution is -2.15. The number of nitro groups is 1. The van der Waals surface area contributed by atoms with Gasteiger partial charge in [0.2, 0.25) is 0 Å². The zero-order valence-electron chi connectivity index (χ0n) is 18.6. The Kier molecular flexibility index (Phi) is 7.96. The van der Waals surface area contributed by atoms with Gasteiger partial charge in [0.05, 0.1) is 17.6 Å². The lowest BCUT2D eigenvalue weighted by atomic mass is 10.1. The number of halogens is 1. The van der Waals surface area contributed by atoms with E-state index in [0.717, 1.165) is 0 Å². The number of carbonyl (C=O) groups is 2. The van der Waals surface area contributed by atoms with Crippen molar-refractivity contribution < 1.29 is 24.0 Å². The molecule has 176 valence electrons. The van der Waals surface area contributed by atoms with Crippen molar-refractivity contribution in [1.82, 2.24) is 0 Å². The van der Waals surface area contributed by atoms with E-state index in [9.17, 15) is 25.0 Å².